The molecule has 1 atom stereocenters. The Morgan fingerprint density at radius 2 is 1.73 bits per heavy atom. The number of aryl methyl sites for hydroxylation is 1. The Kier molecular flexibility index (Phi) is 8.76. The van der Waals surface area contributed by atoms with Crippen LogP contribution in [0.3, 0.4) is 0 Å². The van der Waals surface area contributed by atoms with Crippen molar-refractivity contribution in [1.29, 1.82) is 0 Å². The van der Waals surface area contributed by atoms with Crippen LogP contribution in [-0.4, -0.2) is 43.1 Å². The summed E-state index contributed by atoms with van der Waals surface area (Å²) < 4.78 is 2.80. The van der Waals surface area contributed by atoms with E-state index in [-0.39, 0.29) is 30.2 Å². The fourth-order valence-electron chi connectivity index (χ4n) is 4.44. The lowest BCUT2D eigenvalue weighted by molar-refractivity contribution is -0.130. The number of nitrogens with one attached hydrogen (secondary N) is 1. The van der Waals surface area contributed by atoms with Crippen molar-refractivity contribution in [3.63, 3.8) is 0 Å². The van der Waals surface area contributed by atoms with E-state index in [4.69, 9.17) is 5.10 Å². The zero-order valence-corrected chi connectivity index (χ0v) is 24.7. The summed E-state index contributed by atoms with van der Waals surface area (Å²) in [5.41, 5.74) is 5.04. The van der Waals surface area contributed by atoms with Gasteiger partial charge in [-0.25, -0.2) is 5.01 Å². The van der Waals surface area contributed by atoms with Gasteiger partial charge in [0.15, 0.2) is 11.0 Å². The highest BCUT2D eigenvalue weighted by molar-refractivity contribution is 9.10. The van der Waals surface area contributed by atoms with Crippen LogP contribution < -0.4 is 5.32 Å². The molecule has 3 aromatic carbocycles. The maximum Gasteiger partial charge on any atom is 0.253 e. The van der Waals surface area contributed by atoms with Crippen LogP contribution in [0.5, 0.6) is 0 Å². The van der Waals surface area contributed by atoms with Gasteiger partial charge in [-0.1, -0.05) is 100.0 Å². The Balaban J connectivity index is 1.24. The molecule has 0 saturated carbocycles. The first-order chi connectivity index (χ1) is 19.4. The molecule has 2 heterocycles. The van der Waals surface area contributed by atoms with Gasteiger partial charge in [0.1, 0.15) is 0 Å². The zero-order chi connectivity index (χ0) is 28.1. The molecule has 1 N–H and O–H groups in total. The van der Waals surface area contributed by atoms with Crippen LogP contribution in [0.1, 0.15) is 40.5 Å². The highest BCUT2D eigenvalue weighted by atomic mass is 79.9. The predicted octanol–water partition coefficient (Wildman–Crippen LogP) is 5.21. The van der Waals surface area contributed by atoms with Gasteiger partial charge >= 0.3 is 0 Å². The van der Waals surface area contributed by atoms with E-state index in [1.165, 1.54) is 17.3 Å². The molecule has 2 amide bonds. The predicted molar refractivity (Wildman–Crippen MR) is 160 cm³/mol. The van der Waals surface area contributed by atoms with Crippen molar-refractivity contribution in [2.24, 2.45) is 12.1 Å². The molecule has 0 fully saturated rings. The molecule has 0 spiro atoms. The second kappa shape index (κ2) is 12.6. The highest BCUT2D eigenvalue weighted by Crippen LogP contribution is 2.34. The van der Waals surface area contributed by atoms with Crippen LogP contribution in [-0.2, 0) is 29.6 Å². The van der Waals surface area contributed by atoms with Gasteiger partial charge in [-0.05, 0) is 35.7 Å². The molecule has 8 nitrogen and oxygen atoms in total. The molecule has 40 heavy (non-hydrogen) atoms. The second-order valence-corrected chi connectivity index (χ2v) is 11.5. The lowest BCUT2D eigenvalue weighted by atomic mass is 9.98. The van der Waals surface area contributed by atoms with Crippen molar-refractivity contribution in [2.75, 3.05) is 5.75 Å². The molecular formula is C30H29BrN6O2S. The van der Waals surface area contributed by atoms with Crippen molar-refractivity contribution in [1.82, 2.24) is 25.1 Å². The molecule has 0 aliphatic carbocycles. The Hall–Kier alpha value is -3.76. The quantitative estimate of drug-likeness (QED) is 0.260. The van der Waals surface area contributed by atoms with Gasteiger partial charge < -0.3 is 9.88 Å². The van der Waals surface area contributed by atoms with Gasteiger partial charge in [-0.15, -0.1) is 10.2 Å². The minimum atomic E-state index is -0.178. The largest absolute Gasteiger partial charge is 0.349 e. The van der Waals surface area contributed by atoms with Crippen molar-refractivity contribution in [2.45, 2.75) is 37.5 Å². The van der Waals surface area contributed by atoms with Crippen LogP contribution in [0.2, 0.25) is 0 Å². The number of carbonyl (C=O) groups is 2. The number of carbonyl (C=O) groups excluding carboxylic acids is 2. The molecule has 204 valence electrons. The number of thioether (sulfide) groups is 1. The molecule has 1 aliphatic heterocycles. The lowest BCUT2D eigenvalue weighted by Crippen LogP contribution is -2.28. The first-order valence-electron chi connectivity index (χ1n) is 12.9. The van der Waals surface area contributed by atoms with E-state index in [0.717, 1.165) is 26.9 Å². The third-order valence-corrected chi connectivity index (χ3v) is 8.24. The number of halogens is 1. The fourth-order valence-corrected chi connectivity index (χ4v) is 5.49. The molecule has 0 bridgehead atoms. The van der Waals surface area contributed by atoms with Crippen molar-refractivity contribution < 1.29 is 9.59 Å². The summed E-state index contributed by atoms with van der Waals surface area (Å²) in [4.78, 5) is 25.8. The van der Waals surface area contributed by atoms with Crippen LogP contribution in [0, 0.1) is 6.92 Å². The molecule has 0 unspecified atom stereocenters. The monoisotopic (exact) mass is 616 g/mol. The number of amides is 2. The van der Waals surface area contributed by atoms with Crippen molar-refractivity contribution in [3.05, 3.63) is 111 Å². The molecule has 1 aliphatic rings. The SMILES string of the molecule is Cc1ccc([C@@H]2CC(c3ccc(Br)cc3)=NN2C(=O)CSc2nnc(CNC(=O)Cc3ccccc3)n2C)cc1. The Morgan fingerprint density at radius 3 is 2.45 bits per heavy atom. The number of hydrogen-bond acceptors (Lipinski definition) is 6. The Bertz CT molecular complexity index is 1520. The van der Waals surface area contributed by atoms with Crippen molar-refractivity contribution in [3.8, 4) is 0 Å². The summed E-state index contributed by atoms with van der Waals surface area (Å²) in [5, 5.41) is 18.3. The maximum atomic E-state index is 13.5. The standard InChI is InChI=1S/C30H29BrN6O2S/c1-20-8-10-23(11-9-20)26-17-25(22-12-14-24(31)15-13-22)35-37(26)29(39)19-40-30-34-33-27(36(30)2)18-32-28(38)16-21-6-4-3-5-7-21/h3-15,26H,16-19H2,1-2H3,(H,32,38)/t26-/m0/s1. The maximum absolute atomic E-state index is 13.5. The topological polar surface area (TPSA) is 92.5 Å². The van der Waals surface area contributed by atoms with Gasteiger partial charge in [-0.3, -0.25) is 9.59 Å². The van der Waals surface area contributed by atoms with Crippen LogP contribution in [0.15, 0.2) is 93.6 Å². The smallest absolute Gasteiger partial charge is 0.253 e. The molecular weight excluding hydrogens is 588 g/mol. The van der Waals surface area contributed by atoms with E-state index in [1.54, 1.807) is 9.58 Å². The Labute approximate surface area is 246 Å². The molecule has 0 radical (unpaired) electrons. The number of nitrogens with zero attached hydrogens (tertiary/aromatic N) is 5. The number of rotatable bonds is 9. The third-order valence-electron chi connectivity index (χ3n) is 6.71. The Morgan fingerprint density at radius 1 is 1.00 bits per heavy atom. The summed E-state index contributed by atoms with van der Waals surface area (Å²) in [6.07, 6.45) is 0.938. The van der Waals surface area contributed by atoms with E-state index in [9.17, 15) is 9.59 Å². The summed E-state index contributed by atoms with van der Waals surface area (Å²) in [6.45, 7) is 2.30. The number of aromatic nitrogens is 3. The third kappa shape index (κ3) is 6.68. The second-order valence-electron chi connectivity index (χ2n) is 9.61. The van der Waals surface area contributed by atoms with Crippen LogP contribution >= 0.6 is 27.7 Å². The average molecular weight is 618 g/mol. The van der Waals surface area contributed by atoms with Gasteiger partial charge in [0.05, 0.1) is 30.5 Å². The van der Waals surface area contributed by atoms with E-state index in [0.29, 0.717) is 23.8 Å². The number of benzene rings is 3. The van der Waals surface area contributed by atoms with Crippen LogP contribution in [0.4, 0.5) is 0 Å². The van der Waals surface area contributed by atoms with Gasteiger partial charge in [0.25, 0.3) is 5.91 Å². The van der Waals surface area contributed by atoms with Crippen molar-refractivity contribution >= 4 is 45.2 Å². The van der Waals surface area contributed by atoms with Gasteiger partial charge in [0, 0.05) is 17.9 Å². The highest BCUT2D eigenvalue weighted by Gasteiger charge is 2.33. The first kappa shape index (κ1) is 27.8. The summed E-state index contributed by atoms with van der Waals surface area (Å²) in [7, 11) is 1.83. The molecule has 10 heteroatoms. The molecule has 1 aromatic heterocycles. The number of hydrogen-bond donors (Lipinski definition) is 1. The lowest BCUT2D eigenvalue weighted by Gasteiger charge is -2.22. The molecule has 4 aromatic rings. The summed E-state index contributed by atoms with van der Waals surface area (Å²) in [5.74, 6) is 0.578. The fraction of sp³-hybridized carbons (Fsp3) is 0.233. The first-order valence-corrected chi connectivity index (χ1v) is 14.7. The minimum Gasteiger partial charge on any atom is -0.349 e. The van der Waals surface area contributed by atoms with Gasteiger partial charge in [-0.2, -0.15) is 5.10 Å². The van der Waals surface area contributed by atoms with Gasteiger partial charge in [0.2, 0.25) is 5.91 Å². The van der Waals surface area contributed by atoms with Crippen LogP contribution in [0.25, 0.3) is 0 Å². The van der Waals surface area contributed by atoms with E-state index in [1.807, 2.05) is 68.6 Å². The molecule has 0 saturated heterocycles. The summed E-state index contributed by atoms with van der Waals surface area (Å²) in [6, 6.07) is 25.6. The zero-order valence-electron chi connectivity index (χ0n) is 22.3. The average Bonchev–Trinajstić information content (AvgIpc) is 3.56. The molecule has 5 rings (SSSR count). The minimum absolute atomic E-state index is 0.0887. The van der Waals surface area contributed by atoms with E-state index >= 15 is 0 Å². The number of hydrazone groups is 1. The normalized spacial score (nSPS) is 14.7. The van der Waals surface area contributed by atoms with E-state index in [2.05, 4.69) is 55.7 Å². The summed E-state index contributed by atoms with van der Waals surface area (Å²) >= 11 is 4.79. The van der Waals surface area contributed by atoms with E-state index < -0.39 is 0 Å².